The van der Waals surface area contributed by atoms with Crippen LogP contribution in [0, 0.1) is 6.92 Å². The summed E-state index contributed by atoms with van der Waals surface area (Å²) in [5.74, 6) is -1.04. The number of fused-ring (bicyclic) bond motifs is 1. The highest BCUT2D eigenvalue weighted by Gasteiger charge is 2.25. The van der Waals surface area contributed by atoms with Gasteiger partial charge in [0, 0.05) is 20.2 Å². The summed E-state index contributed by atoms with van der Waals surface area (Å²) in [7, 11) is 1.74. The van der Waals surface area contributed by atoms with Gasteiger partial charge in [0.05, 0.1) is 28.6 Å². The first kappa shape index (κ1) is 17.5. The van der Waals surface area contributed by atoms with Crippen molar-refractivity contribution in [1.82, 2.24) is 14.8 Å². The Balaban J connectivity index is 1.88. The van der Waals surface area contributed by atoms with Crippen molar-refractivity contribution in [2.24, 2.45) is 0 Å². The molecule has 1 aliphatic heterocycles. The number of anilines is 1. The molecular weight excluding hydrogens is 344 g/mol. The number of carbonyl (C=O) groups is 1. The number of hydrogen-bond donors (Lipinski definition) is 1. The van der Waals surface area contributed by atoms with Crippen LogP contribution >= 0.6 is 0 Å². The lowest BCUT2D eigenvalue weighted by atomic mass is 10.1. The molecule has 2 aromatic heterocycles. The largest absolute Gasteiger partial charge is 0.477 e. The Morgan fingerprint density at radius 1 is 1.22 bits per heavy atom. The average molecular weight is 366 g/mol. The minimum Gasteiger partial charge on any atom is -0.477 e. The van der Waals surface area contributed by atoms with Gasteiger partial charge in [-0.25, -0.2) is 14.5 Å². The van der Waals surface area contributed by atoms with E-state index in [0.29, 0.717) is 5.65 Å². The fraction of sp³-hybridized carbons (Fsp3) is 0.350. The summed E-state index contributed by atoms with van der Waals surface area (Å²) in [4.78, 5) is 18.3. The lowest BCUT2D eigenvalue weighted by molar-refractivity contribution is 0.0690. The summed E-state index contributed by atoms with van der Waals surface area (Å²) in [6, 6.07) is 11.3. The Kier molecular flexibility index (Phi) is 4.53. The summed E-state index contributed by atoms with van der Waals surface area (Å²) in [5.41, 5.74) is 3.18. The van der Waals surface area contributed by atoms with Gasteiger partial charge in [-0.1, -0.05) is 18.2 Å². The number of aromatic nitrogens is 3. The van der Waals surface area contributed by atoms with Crippen molar-refractivity contribution in [3.05, 3.63) is 47.8 Å². The summed E-state index contributed by atoms with van der Waals surface area (Å²) < 4.78 is 7.19. The lowest BCUT2D eigenvalue weighted by Crippen LogP contribution is -2.36. The molecule has 1 saturated heterocycles. The number of ether oxygens (including phenoxy) is 1. The topological polar surface area (TPSA) is 80.5 Å². The molecule has 3 heterocycles. The molecule has 4 rings (SSSR count). The van der Waals surface area contributed by atoms with Crippen molar-refractivity contribution in [2.75, 3.05) is 25.1 Å². The fourth-order valence-electron chi connectivity index (χ4n) is 3.71. The van der Waals surface area contributed by atoms with Crippen LogP contribution < -0.4 is 4.90 Å². The van der Waals surface area contributed by atoms with Gasteiger partial charge in [-0.05, 0) is 38.0 Å². The summed E-state index contributed by atoms with van der Waals surface area (Å²) in [6.07, 6.45) is 2.08. The number of para-hydroxylation sites is 1. The molecule has 7 nitrogen and oxygen atoms in total. The van der Waals surface area contributed by atoms with Crippen molar-refractivity contribution < 1.29 is 14.6 Å². The minimum atomic E-state index is -1.04. The fourth-order valence-corrected chi connectivity index (χ4v) is 3.71. The van der Waals surface area contributed by atoms with Gasteiger partial charge in [0.15, 0.2) is 11.3 Å². The number of aromatic carboxylic acids is 1. The maximum absolute atomic E-state index is 11.7. The number of methoxy groups -OCH3 is 1. The van der Waals surface area contributed by atoms with Crippen LogP contribution in [0.25, 0.3) is 16.7 Å². The van der Waals surface area contributed by atoms with E-state index in [-0.39, 0.29) is 11.8 Å². The zero-order valence-corrected chi connectivity index (χ0v) is 15.4. The molecule has 27 heavy (non-hydrogen) atoms. The van der Waals surface area contributed by atoms with Crippen molar-refractivity contribution >= 4 is 22.7 Å². The third kappa shape index (κ3) is 3.14. The highest BCUT2D eigenvalue weighted by molar-refractivity contribution is 5.98. The summed E-state index contributed by atoms with van der Waals surface area (Å²) in [5, 5.41) is 15.1. The molecule has 0 unspecified atom stereocenters. The Bertz CT molecular complexity index is 976. The molecular formula is C20H22N4O3. The number of pyridine rings is 1. The first-order chi connectivity index (χ1) is 13.1. The molecule has 1 aliphatic rings. The second-order valence-corrected chi connectivity index (χ2v) is 6.79. The van der Waals surface area contributed by atoms with Crippen molar-refractivity contribution in [3.63, 3.8) is 0 Å². The predicted octanol–water partition coefficient (Wildman–Crippen LogP) is 3.04. The van der Waals surface area contributed by atoms with Crippen LogP contribution in [0.4, 0.5) is 5.69 Å². The first-order valence-electron chi connectivity index (χ1n) is 9.05. The summed E-state index contributed by atoms with van der Waals surface area (Å²) >= 11 is 0. The summed E-state index contributed by atoms with van der Waals surface area (Å²) in [6.45, 7) is 3.56. The van der Waals surface area contributed by atoms with Gasteiger partial charge in [-0.15, -0.1) is 0 Å². The minimum absolute atomic E-state index is 0.0310. The molecule has 3 aromatic rings. The molecule has 0 atom stereocenters. The third-order valence-corrected chi connectivity index (χ3v) is 5.13. The van der Waals surface area contributed by atoms with Crippen LogP contribution in [0.3, 0.4) is 0 Å². The average Bonchev–Trinajstić information content (AvgIpc) is 3.05. The van der Waals surface area contributed by atoms with E-state index in [1.807, 2.05) is 37.3 Å². The molecule has 140 valence electrons. The molecule has 0 spiro atoms. The van der Waals surface area contributed by atoms with Crippen molar-refractivity contribution in [3.8, 4) is 5.69 Å². The Morgan fingerprint density at radius 2 is 1.93 bits per heavy atom. The second kappa shape index (κ2) is 7.00. The van der Waals surface area contributed by atoms with Gasteiger partial charge >= 0.3 is 5.97 Å². The highest BCUT2D eigenvalue weighted by Crippen LogP contribution is 2.33. The number of piperidine rings is 1. The number of nitrogens with zero attached hydrogens (tertiary/aromatic N) is 4. The lowest BCUT2D eigenvalue weighted by Gasteiger charge is -2.33. The van der Waals surface area contributed by atoms with E-state index in [4.69, 9.17) is 4.74 Å². The van der Waals surface area contributed by atoms with E-state index < -0.39 is 5.97 Å². The monoisotopic (exact) mass is 366 g/mol. The quantitative estimate of drug-likeness (QED) is 0.764. The van der Waals surface area contributed by atoms with Crippen molar-refractivity contribution in [2.45, 2.75) is 25.9 Å². The number of carboxylic acid groups (broad SMARTS) is 1. The van der Waals surface area contributed by atoms with Crippen LogP contribution in [0.5, 0.6) is 0 Å². The third-order valence-electron chi connectivity index (χ3n) is 5.13. The normalized spacial score (nSPS) is 15.4. The van der Waals surface area contributed by atoms with Gasteiger partial charge in [-0.3, -0.25) is 0 Å². The molecule has 0 bridgehead atoms. The molecule has 0 aliphatic carbocycles. The van der Waals surface area contributed by atoms with Crippen LogP contribution in [-0.2, 0) is 4.74 Å². The van der Waals surface area contributed by atoms with Gasteiger partial charge in [-0.2, -0.15) is 5.10 Å². The maximum atomic E-state index is 11.7. The maximum Gasteiger partial charge on any atom is 0.354 e. The molecule has 0 amide bonds. The van der Waals surface area contributed by atoms with E-state index in [0.717, 1.165) is 48.4 Å². The van der Waals surface area contributed by atoms with Crippen LogP contribution in [0.15, 0.2) is 36.4 Å². The van der Waals surface area contributed by atoms with E-state index >= 15 is 0 Å². The number of carboxylic acids is 1. The molecule has 0 radical (unpaired) electrons. The Labute approximate surface area is 157 Å². The van der Waals surface area contributed by atoms with Gasteiger partial charge in [0.25, 0.3) is 0 Å². The van der Waals surface area contributed by atoms with E-state index in [2.05, 4.69) is 15.0 Å². The number of rotatable bonds is 4. The van der Waals surface area contributed by atoms with Gasteiger partial charge in [0.1, 0.15) is 0 Å². The predicted molar refractivity (Wildman–Crippen MR) is 103 cm³/mol. The molecule has 1 aromatic carbocycles. The van der Waals surface area contributed by atoms with Crippen LogP contribution in [0.1, 0.15) is 29.0 Å². The smallest absolute Gasteiger partial charge is 0.354 e. The zero-order valence-electron chi connectivity index (χ0n) is 15.4. The Morgan fingerprint density at radius 3 is 2.56 bits per heavy atom. The standard InChI is InChI=1S/C20H22N4O3/c1-13-18-17(23-10-8-15(27-2)9-11-23)12-16(20(25)26)21-19(18)24(22-13)14-6-4-3-5-7-14/h3-7,12,15H,8-11H2,1-2H3,(H,25,26). The van der Waals surface area contributed by atoms with Crippen LogP contribution in [0.2, 0.25) is 0 Å². The molecule has 0 saturated carbocycles. The number of aryl methyl sites for hydroxylation is 1. The van der Waals surface area contributed by atoms with E-state index in [1.54, 1.807) is 17.9 Å². The van der Waals surface area contributed by atoms with Crippen LogP contribution in [-0.4, -0.2) is 52.1 Å². The zero-order chi connectivity index (χ0) is 19.0. The first-order valence-corrected chi connectivity index (χ1v) is 9.05. The molecule has 7 heteroatoms. The van der Waals surface area contributed by atoms with Crippen molar-refractivity contribution in [1.29, 1.82) is 0 Å². The number of benzene rings is 1. The van der Waals surface area contributed by atoms with Gasteiger partial charge < -0.3 is 14.7 Å². The number of hydrogen-bond acceptors (Lipinski definition) is 5. The highest BCUT2D eigenvalue weighted by atomic mass is 16.5. The molecule has 1 N–H and O–H groups in total. The SMILES string of the molecule is COC1CCN(c2cc(C(=O)O)nc3c2c(C)nn3-c2ccccc2)CC1. The van der Waals surface area contributed by atoms with E-state index in [9.17, 15) is 9.90 Å². The van der Waals surface area contributed by atoms with Gasteiger partial charge in [0.2, 0.25) is 0 Å². The second-order valence-electron chi connectivity index (χ2n) is 6.79. The Hall–Kier alpha value is -2.93. The van der Waals surface area contributed by atoms with E-state index in [1.165, 1.54) is 0 Å². The molecule has 1 fully saturated rings.